The van der Waals surface area contributed by atoms with E-state index in [0.717, 1.165) is 52.4 Å². The summed E-state index contributed by atoms with van der Waals surface area (Å²) in [6.07, 6.45) is 2.54. The van der Waals surface area contributed by atoms with Crippen molar-refractivity contribution in [3.8, 4) is 11.5 Å². The van der Waals surface area contributed by atoms with Gasteiger partial charge in [0.25, 0.3) is 5.89 Å². The highest BCUT2D eigenvalue weighted by atomic mass is 16.5. The number of urea groups is 1. The molecule has 8 nitrogen and oxygen atoms in total. The van der Waals surface area contributed by atoms with E-state index in [2.05, 4.69) is 36.7 Å². The van der Waals surface area contributed by atoms with Gasteiger partial charge in [-0.05, 0) is 61.7 Å². The summed E-state index contributed by atoms with van der Waals surface area (Å²) in [6, 6.07) is 17.3. The van der Waals surface area contributed by atoms with Crippen molar-refractivity contribution in [2.24, 2.45) is 0 Å². The number of anilines is 3. The minimum absolute atomic E-state index is 0.256. The highest BCUT2D eigenvalue weighted by molar-refractivity contribution is 6.00. The number of hydrogen-bond donors (Lipinski definition) is 2. The molecule has 0 spiro atoms. The van der Waals surface area contributed by atoms with Gasteiger partial charge in [0.15, 0.2) is 5.82 Å². The van der Waals surface area contributed by atoms with Gasteiger partial charge >= 0.3 is 6.03 Å². The third-order valence-corrected chi connectivity index (χ3v) is 5.67. The van der Waals surface area contributed by atoms with E-state index in [1.54, 1.807) is 13.1 Å². The van der Waals surface area contributed by atoms with Crippen LogP contribution in [0.25, 0.3) is 11.5 Å². The lowest BCUT2D eigenvalue weighted by Crippen LogP contribution is -2.32. The van der Waals surface area contributed by atoms with Crippen LogP contribution in [0.3, 0.4) is 0 Å². The van der Waals surface area contributed by atoms with Gasteiger partial charge in [-0.15, -0.1) is 0 Å². The van der Waals surface area contributed by atoms with Gasteiger partial charge in [-0.2, -0.15) is 4.98 Å². The predicted octanol–water partition coefficient (Wildman–Crippen LogP) is 4.96. The van der Waals surface area contributed by atoms with Gasteiger partial charge in [0.2, 0.25) is 0 Å². The number of amides is 2. The van der Waals surface area contributed by atoms with Crippen LogP contribution in [0.5, 0.6) is 0 Å². The highest BCUT2D eigenvalue weighted by Gasteiger charge is 2.24. The van der Waals surface area contributed by atoms with Crippen LogP contribution in [-0.2, 0) is 13.0 Å². The van der Waals surface area contributed by atoms with Crippen molar-refractivity contribution < 1.29 is 9.32 Å². The molecule has 5 rings (SSSR count). The molecule has 3 heterocycles. The first-order chi connectivity index (χ1) is 16.1. The molecule has 2 aromatic heterocycles. The second-order valence-electron chi connectivity index (χ2n) is 8.08. The van der Waals surface area contributed by atoms with E-state index in [4.69, 9.17) is 4.52 Å². The molecule has 0 bridgehead atoms. The van der Waals surface area contributed by atoms with Gasteiger partial charge in [0, 0.05) is 30.7 Å². The third kappa shape index (κ3) is 4.41. The van der Waals surface area contributed by atoms with E-state index >= 15 is 0 Å². The van der Waals surface area contributed by atoms with E-state index in [0.29, 0.717) is 18.3 Å². The monoisotopic (exact) mass is 440 g/mol. The van der Waals surface area contributed by atoms with Gasteiger partial charge in [0.1, 0.15) is 5.82 Å². The van der Waals surface area contributed by atoms with Crippen molar-refractivity contribution in [2.45, 2.75) is 26.8 Å². The van der Waals surface area contributed by atoms with Crippen molar-refractivity contribution in [1.82, 2.24) is 15.1 Å². The molecule has 2 amide bonds. The fourth-order valence-corrected chi connectivity index (χ4v) is 4.05. The quantitative estimate of drug-likeness (QED) is 0.466. The molecule has 2 aromatic carbocycles. The van der Waals surface area contributed by atoms with E-state index in [1.807, 2.05) is 55.5 Å². The number of carbonyl (C=O) groups excluding carboxylic acids is 1. The molecule has 0 unspecified atom stereocenters. The van der Waals surface area contributed by atoms with E-state index in [1.165, 1.54) is 0 Å². The Balaban J connectivity index is 1.35. The first kappa shape index (κ1) is 20.7. The molecule has 4 aromatic rings. The molecule has 0 saturated heterocycles. The van der Waals surface area contributed by atoms with E-state index in [9.17, 15) is 4.79 Å². The minimum atomic E-state index is -0.256. The van der Waals surface area contributed by atoms with Gasteiger partial charge in [-0.1, -0.05) is 35.0 Å². The molecule has 33 heavy (non-hydrogen) atoms. The number of nitrogens with zero attached hydrogens (tertiary/aromatic N) is 4. The molecular formula is C25H24N6O2. The van der Waals surface area contributed by atoms with Crippen molar-refractivity contribution in [1.29, 1.82) is 0 Å². The molecule has 2 N–H and O–H groups in total. The van der Waals surface area contributed by atoms with Gasteiger partial charge < -0.3 is 20.1 Å². The second-order valence-corrected chi connectivity index (χ2v) is 8.08. The number of aryl methyl sites for hydroxylation is 2. The molecule has 1 aliphatic rings. The smallest absolute Gasteiger partial charge is 0.323 e. The summed E-state index contributed by atoms with van der Waals surface area (Å²) in [5.41, 5.74) is 5.83. The van der Waals surface area contributed by atoms with E-state index < -0.39 is 0 Å². The number of hydrogen-bond acceptors (Lipinski definition) is 6. The van der Waals surface area contributed by atoms with Crippen LogP contribution in [0.15, 0.2) is 65.3 Å². The Morgan fingerprint density at radius 2 is 1.88 bits per heavy atom. The Bertz CT molecular complexity index is 1300. The maximum Gasteiger partial charge on any atom is 0.323 e. The number of carbonyl (C=O) groups is 1. The van der Waals surface area contributed by atoms with Crippen LogP contribution in [-0.4, -0.2) is 27.7 Å². The summed E-state index contributed by atoms with van der Waals surface area (Å²) in [6.45, 7) is 5.23. The fourth-order valence-electron chi connectivity index (χ4n) is 4.05. The zero-order chi connectivity index (χ0) is 22.8. The van der Waals surface area contributed by atoms with E-state index in [-0.39, 0.29) is 6.03 Å². The Labute approximate surface area is 191 Å². The maximum atomic E-state index is 12.6. The summed E-state index contributed by atoms with van der Waals surface area (Å²) >= 11 is 0. The lowest BCUT2D eigenvalue weighted by molar-refractivity contribution is 0.262. The third-order valence-electron chi connectivity index (χ3n) is 5.67. The van der Waals surface area contributed by atoms with Crippen LogP contribution >= 0.6 is 0 Å². The lowest BCUT2D eigenvalue weighted by atomic mass is 9.97. The maximum absolute atomic E-state index is 12.6. The fraction of sp³-hybridized carbons (Fsp3) is 0.200. The summed E-state index contributed by atoms with van der Waals surface area (Å²) < 4.78 is 5.39. The Hall–Kier alpha value is -4.20. The summed E-state index contributed by atoms with van der Waals surface area (Å²) in [7, 11) is 0. The van der Waals surface area contributed by atoms with Crippen molar-refractivity contribution in [2.75, 3.05) is 22.1 Å². The Kier molecular flexibility index (Phi) is 5.48. The first-order valence-electron chi connectivity index (χ1n) is 10.8. The summed E-state index contributed by atoms with van der Waals surface area (Å²) in [5.74, 6) is 1.86. The molecule has 1 aliphatic heterocycles. The topological polar surface area (TPSA) is 96.2 Å². The number of nitrogens with one attached hydrogen (secondary N) is 2. The lowest BCUT2D eigenvalue weighted by Gasteiger charge is -2.31. The van der Waals surface area contributed by atoms with Crippen LogP contribution in [0, 0.1) is 13.8 Å². The molecule has 0 aliphatic carbocycles. The predicted molar refractivity (Wildman–Crippen MR) is 127 cm³/mol. The normalized spacial score (nSPS) is 12.8. The Morgan fingerprint density at radius 3 is 2.67 bits per heavy atom. The molecule has 0 atom stereocenters. The second kappa shape index (κ2) is 8.74. The van der Waals surface area contributed by atoms with Gasteiger partial charge in [0.05, 0.1) is 5.56 Å². The standard InChI is InChI=1S/C25H24N6O2/c1-16-8-10-19(11-9-16)28-25(32)29-22-7-3-5-18-15-31(14-12-20(18)22)23-21(6-4-13-26-23)24-27-17(2)30-33-24/h3-11,13H,12,14-15H2,1-2H3,(H2,28,29,32). The minimum Gasteiger partial charge on any atom is -0.351 e. The van der Waals surface area contributed by atoms with Gasteiger partial charge in [-0.25, -0.2) is 9.78 Å². The number of pyridine rings is 1. The molecule has 8 heteroatoms. The molecule has 166 valence electrons. The SMILES string of the molecule is Cc1ccc(NC(=O)Nc2cccc3c2CCN(c2ncccc2-c2nc(C)no2)C3)cc1. The first-order valence-corrected chi connectivity index (χ1v) is 10.8. The Morgan fingerprint density at radius 1 is 1.03 bits per heavy atom. The van der Waals surface area contributed by atoms with Gasteiger partial charge in [-0.3, -0.25) is 0 Å². The molecular weight excluding hydrogens is 416 g/mol. The van der Waals surface area contributed by atoms with Crippen molar-refractivity contribution >= 4 is 23.2 Å². The number of aromatic nitrogens is 3. The van der Waals surface area contributed by atoms with Crippen LogP contribution in [0.1, 0.15) is 22.5 Å². The number of benzene rings is 2. The zero-order valence-electron chi connectivity index (χ0n) is 18.5. The van der Waals surface area contributed by atoms with Crippen LogP contribution < -0.4 is 15.5 Å². The highest BCUT2D eigenvalue weighted by Crippen LogP contribution is 2.33. The van der Waals surface area contributed by atoms with Crippen LogP contribution in [0.2, 0.25) is 0 Å². The molecule has 0 radical (unpaired) electrons. The molecule has 0 fully saturated rings. The average Bonchev–Trinajstić information content (AvgIpc) is 3.26. The largest absolute Gasteiger partial charge is 0.351 e. The average molecular weight is 441 g/mol. The van der Waals surface area contributed by atoms with Crippen molar-refractivity contribution in [3.05, 3.63) is 83.3 Å². The van der Waals surface area contributed by atoms with Crippen molar-refractivity contribution in [3.63, 3.8) is 0 Å². The van der Waals surface area contributed by atoms with Crippen LogP contribution in [0.4, 0.5) is 22.0 Å². The summed E-state index contributed by atoms with van der Waals surface area (Å²) in [5, 5.41) is 9.81. The summed E-state index contributed by atoms with van der Waals surface area (Å²) in [4.78, 5) is 23.7. The zero-order valence-corrected chi connectivity index (χ0v) is 18.5. The molecule has 0 saturated carbocycles. The number of rotatable bonds is 4. The number of fused-ring (bicyclic) bond motifs is 1.